The summed E-state index contributed by atoms with van der Waals surface area (Å²) in [4.78, 5) is 95.1. The summed E-state index contributed by atoms with van der Waals surface area (Å²) in [6.07, 6.45) is -6.13. The van der Waals surface area contributed by atoms with E-state index >= 15 is 4.39 Å². The Bertz CT molecular complexity index is 2830. The Kier molecular flexibility index (Phi) is 21.3. The van der Waals surface area contributed by atoms with Crippen molar-refractivity contribution in [2.45, 2.75) is 115 Å². The number of unbranched alkanes of at least 4 members (excludes halogenated alkanes) is 2. The Morgan fingerprint density at radius 2 is 1.59 bits per heavy atom. The number of rotatable bonds is 26. The van der Waals surface area contributed by atoms with Gasteiger partial charge in [-0.25, -0.2) is 27.7 Å². The molecule has 2 aliphatic heterocycles. The summed E-state index contributed by atoms with van der Waals surface area (Å²) in [5, 5.41) is 58.6. The van der Waals surface area contributed by atoms with Crippen molar-refractivity contribution in [3.63, 3.8) is 0 Å². The molecule has 79 heavy (non-hydrogen) atoms. The van der Waals surface area contributed by atoms with Crippen LogP contribution in [0, 0.1) is 17.0 Å². The number of aliphatic carboxylic acids is 1. The summed E-state index contributed by atoms with van der Waals surface area (Å²) in [5.41, 5.74) is -0.0678. The van der Waals surface area contributed by atoms with Crippen molar-refractivity contribution in [2.75, 3.05) is 38.2 Å². The molecule has 1 saturated heterocycles. The van der Waals surface area contributed by atoms with Crippen molar-refractivity contribution in [3.05, 3.63) is 114 Å². The second kappa shape index (κ2) is 27.7. The molecule has 0 unspecified atom stereocenters. The Labute approximate surface area is 452 Å². The molecule has 0 bridgehead atoms. The summed E-state index contributed by atoms with van der Waals surface area (Å²) in [7, 11) is 0. The maximum Gasteiger partial charge on any atom is 0.407 e. The molecule has 1 aromatic heterocycles. The van der Waals surface area contributed by atoms with Gasteiger partial charge in [0, 0.05) is 62.9 Å². The highest BCUT2D eigenvalue weighted by Gasteiger charge is 2.48. The van der Waals surface area contributed by atoms with E-state index in [4.69, 9.17) is 19.2 Å². The average molecular weight is 1110 g/mol. The number of nitrogens with one attached hydrogen (secondary N) is 3. The van der Waals surface area contributed by atoms with Gasteiger partial charge < -0.3 is 65.2 Å². The van der Waals surface area contributed by atoms with Crippen LogP contribution in [0.25, 0.3) is 11.3 Å². The Morgan fingerprint density at radius 1 is 0.873 bits per heavy atom. The smallest absolute Gasteiger partial charge is 0.407 e. The van der Waals surface area contributed by atoms with E-state index < -0.39 is 115 Å². The molecule has 7 atom stereocenters. The molecule has 426 valence electrons. The van der Waals surface area contributed by atoms with Crippen LogP contribution in [0.15, 0.2) is 85.1 Å². The van der Waals surface area contributed by atoms with Crippen molar-refractivity contribution < 1.29 is 86.5 Å². The number of carbonyl (C=O) groups is 7. The fraction of sp³-hybridized carbons (Fsp3) is 0.444. The summed E-state index contributed by atoms with van der Waals surface area (Å²) < 4.78 is 62.5. The highest BCUT2D eigenvalue weighted by molar-refractivity contribution is 6.12. The fourth-order valence-corrected chi connectivity index (χ4v) is 8.84. The molecule has 25 heteroatoms. The molecule has 0 radical (unpaired) electrons. The van der Waals surface area contributed by atoms with Crippen molar-refractivity contribution in [1.29, 1.82) is 0 Å². The molecular formula is C54H64F3N7O15. The lowest BCUT2D eigenvalue weighted by atomic mass is 9.84. The monoisotopic (exact) mass is 1110 g/mol. The number of carboxylic acids is 1. The summed E-state index contributed by atoms with van der Waals surface area (Å²) in [6, 6.07) is 13.7. The molecule has 1 fully saturated rings. The number of hydrogen-bond acceptors (Lipinski definition) is 15. The number of aliphatic hydroxyl groups excluding tert-OH is 4. The van der Waals surface area contributed by atoms with Gasteiger partial charge in [-0.3, -0.25) is 28.9 Å². The van der Waals surface area contributed by atoms with Crippen LogP contribution in [-0.4, -0.2) is 156 Å². The van der Waals surface area contributed by atoms with E-state index in [0.29, 0.717) is 19.3 Å². The van der Waals surface area contributed by atoms with Crippen LogP contribution in [0.2, 0.25) is 0 Å². The summed E-state index contributed by atoms with van der Waals surface area (Å²) >= 11 is 0. The van der Waals surface area contributed by atoms with Crippen LogP contribution in [0.3, 0.4) is 0 Å². The number of halogens is 3. The normalized spacial score (nSPS) is 18.9. The number of imidazole rings is 1. The third-order valence-corrected chi connectivity index (χ3v) is 12.9. The highest BCUT2D eigenvalue weighted by Crippen LogP contribution is 2.40. The van der Waals surface area contributed by atoms with Gasteiger partial charge in [0.15, 0.2) is 6.10 Å². The number of carboxylic acid groups (broad SMARTS) is 1. The number of benzene rings is 3. The molecule has 0 saturated carbocycles. The van der Waals surface area contributed by atoms with Crippen molar-refractivity contribution >= 4 is 47.3 Å². The first-order valence-corrected chi connectivity index (χ1v) is 25.4. The predicted octanol–water partition coefficient (Wildman–Crippen LogP) is 3.64. The number of alkyl carbamates (subject to hydrolysis) is 1. The molecule has 0 aliphatic carbocycles. The van der Waals surface area contributed by atoms with Crippen molar-refractivity contribution in [2.24, 2.45) is 5.41 Å². The molecule has 0 spiro atoms. The number of nitrogens with zero attached hydrogens (tertiary/aromatic N) is 4. The average Bonchev–Trinajstić information content (AvgIpc) is 4.11. The summed E-state index contributed by atoms with van der Waals surface area (Å²) in [6.45, 7) is 2.80. The van der Waals surface area contributed by atoms with Crippen LogP contribution < -0.4 is 20.7 Å². The number of imide groups is 1. The Hall–Kier alpha value is -7.71. The first-order valence-electron chi connectivity index (χ1n) is 25.4. The van der Waals surface area contributed by atoms with Crippen LogP contribution in [0.5, 0.6) is 5.75 Å². The molecule has 2 aliphatic rings. The minimum absolute atomic E-state index is 0.0667. The number of carbonyl (C=O) groups excluding carboxylic acids is 6. The zero-order valence-electron chi connectivity index (χ0n) is 43.6. The predicted molar refractivity (Wildman–Crippen MR) is 274 cm³/mol. The van der Waals surface area contributed by atoms with Crippen molar-refractivity contribution in [3.8, 4) is 17.0 Å². The van der Waals surface area contributed by atoms with E-state index in [1.165, 1.54) is 41.4 Å². The molecule has 6 amide bonds. The van der Waals surface area contributed by atoms with E-state index in [2.05, 4.69) is 16.0 Å². The number of ether oxygens (including phenoxy) is 3. The largest absolute Gasteiger partial charge is 0.479 e. The number of anilines is 1. The van der Waals surface area contributed by atoms with E-state index in [1.54, 1.807) is 25.3 Å². The third kappa shape index (κ3) is 16.4. The molecule has 4 aromatic rings. The van der Waals surface area contributed by atoms with Gasteiger partial charge in [-0.2, -0.15) is 0 Å². The SMILES string of the molecule is CC(C)(C)[C@H](c1nc(-c2cc(F)ccc2F)cn1Cc1ccccc1)N(CC[C@@H](CF)NC(=O)OCc1ccc(O[C@@H]2O[C@H](C(=O)O)[C@@H](O)[C@H](O)[C@H]2O)c(NC(=O)CCNC(=O)CCCCCN2C(=O)C=CC2=O)c1)C(=O)CO. The van der Waals surface area contributed by atoms with E-state index in [1.807, 2.05) is 30.3 Å². The number of aromatic nitrogens is 2. The second-order valence-electron chi connectivity index (χ2n) is 19.9. The van der Waals surface area contributed by atoms with E-state index in [-0.39, 0.29) is 85.4 Å². The minimum Gasteiger partial charge on any atom is -0.479 e. The minimum atomic E-state index is -2.04. The third-order valence-electron chi connectivity index (χ3n) is 12.9. The Morgan fingerprint density at radius 3 is 2.27 bits per heavy atom. The van der Waals surface area contributed by atoms with Crippen LogP contribution in [-0.2, 0) is 51.4 Å². The number of amides is 6. The molecular weight excluding hydrogens is 1040 g/mol. The topological polar surface area (TPSA) is 309 Å². The maximum atomic E-state index is 15.2. The van der Waals surface area contributed by atoms with Crippen LogP contribution >= 0.6 is 0 Å². The number of aliphatic hydroxyl groups is 4. The van der Waals surface area contributed by atoms with Crippen molar-refractivity contribution in [1.82, 2.24) is 30.0 Å². The molecule has 3 aromatic carbocycles. The van der Waals surface area contributed by atoms with Gasteiger partial charge in [-0.05, 0) is 66.1 Å². The van der Waals surface area contributed by atoms with Gasteiger partial charge in [0.05, 0.1) is 23.5 Å². The zero-order valence-corrected chi connectivity index (χ0v) is 43.6. The van der Waals surface area contributed by atoms with E-state index in [0.717, 1.165) is 28.7 Å². The fourth-order valence-electron chi connectivity index (χ4n) is 8.84. The van der Waals surface area contributed by atoms with Gasteiger partial charge in [-0.15, -0.1) is 0 Å². The zero-order chi connectivity index (χ0) is 57.6. The van der Waals surface area contributed by atoms with Gasteiger partial charge in [0.2, 0.25) is 24.0 Å². The van der Waals surface area contributed by atoms with Gasteiger partial charge in [0.25, 0.3) is 11.8 Å². The lowest BCUT2D eigenvalue weighted by Crippen LogP contribution is -2.61. The van der Waals surface area contributed by atoms with Crippen LogP contribution in [0.1, 0.15) is 82.3 Å². The highest BCUT2D eigenvalue weighted by atomic mass is 19.1. The second-order valence-corrected chi connectivity index (χ2v) is 19.9. The Balaban J connectivity index is 1.12. The van der Waals surface area contributed by atoms with Gasteiger partial charge in [0.1, 0.15) is 61.4 Å². The van der Waals surface area contributed by atoms with E-state index in [9.17, 15) is 67.9 Å². The lowest BCUT2D eigenvalue weighted by Gasteiger charge is -2.40. The quantitative estimate of drug-likeness (QED) is 0.0329. The standard InChI is InChI=1S/C54H64F3N7O15/c1-54(2,3)49(50-61-38(35-25-33(56)14-15-36(35)57)28-62(50)27-31-10-6-4-7-11-31)64(44(70)29-65)23-20-34(26-55)59-53(76)77-30-32-13-16-39(78-52-47(73)45(71)46(72)48(79-52)51(74)75)37(24-32)60-41(67)19-21-58-40(66)12-8-5-9-22-63-42(68)17-18-43(63)69/h4,6-7,10-11,13-18,24-25,28,34,45-49,52,65,71-73H,5,8-9,12,19-23,26-27,29-30H2,1-3H3,(H,58,66)(H,59,76)(H,60,67)(H,74,75)/t34-,45-,46-,47+,48-,49-,52+/m0/s1. The molecule has 6 rings (SSSR count). The van der Waals surface area contributed by atoms with Gasteiger partial charge in [-0.1, -0.05) is 63.6 Å². The first kappa shape index (κ1) is 60.5. The molecule has 22 nitrogen and oxygen atoms in total. The number of hydrogen-bond donors (Lipinski definition) is 8. The number of alkyl halides is 1. The molecule has 3 heterocycles. The van der Waals surface area contributed by atoms with Crippen LogP contribution in [0.4, 0.5) is 23.7 Å². The van der Waals surface area contributed by atoms with Gasteiger partial charge >= 0.3 is 12.1 Å². The molecule has 8 N–H and O–H groups in total. The maximum absolute atomic E-state index is 15.2. The first-order chi connectivity index (χ1) is 37.6. The summed E-state index contributed by atoms with van der Waals surface area (Å²) in [5.74, 6) is -5.77. The lowest BCUT2D eigenvalue weighted by molar-refractivity contribution is -0.271.